The van der Waals surface area contributed by atoms with Crippen molar-refractivity contribution in [3.8, 4) is 0 Å². The molecule has 0 radical (unpaired) electrons. The molecule has 1 aliphatic heterocycles. The molecule has 9 heavy (non-hydrogen) atoms. The Morgan fingerprint density at radius 3 is 2.56 bits per heavy atom. The maximum atomic E-state index is 5.49. The fourth-order valence-electron chi connectivity index (χ4n) is 0.959. The van der Waals surface area contributed by atoms with Gasteiger partial charge in [0.2, 0.25) is 0 Å². The van der Waals surface area contributed by atoms with Gasteiger partial charge in [0.25, 0.3) is 0 Å². The van der Waals surface area contributed by atoms with Gasteiger partial charge in [0.15, 0.2) is 0 Å². The van der Waals surface area contributed by atoms with Crippen molar-refractivity contribution in [1.82, 2.24) is 3.11 Å². The molecule has 0 unspecified atom stereocenters. The lowest BCUT2D eigenvalue weighted by molar-refractivity contribution is -0.0573. The Hall–Kier alpha value is 0.650. The molecule has 54 valence electrons. The molecule has 1 heterocycles. The molecule has 3 heteroatoms. The minimum atomic E-state index is 0.0689. The largest absolute Gasteiger partial charge is 0.373 e. The van der Waals surface area contributed by atoms with Crippen molar-refractivity contribution >= 4 is 22.9 Å². The van der Waals surface area contributed by atoms with E-state index in [1.165, 1.54) is 0 Å². The van der Waals surface area contributed by atoms with E-state index in [1.54, 1.807) is 0 Å². The molecule has 0 aromatic heterocycles. The van der Waals surface area contributed by atoms with Crippen molar-refractivity contribution in [2.24, 2.45) is 0 Å². The highest BCUT2D eigenvalue weighted by Crippen LogP contribution is 2.18. The van der Waals surface area contributed by atoms with Crippen LogP contribution in [0.4, 0.5) is 0 Å². The van der Waals surface area contributed by atoms with Crippen LogP contribution in [0.2, 0.25) is 0 Å². The monoisotopic (exact) mass is 241 g/mol. The van der Waals surface area contributed by atoms with Gasteiger partial charge in [0.05, 0.1) is 12.2 Å². The second kappa shape index (κ2) is 2.72. The van der Waals surface area contributed by atoms with E-state index < -0.39 is 0 Å². The number of morpholine rings is 1. The van der Waals surface area contributed by atoms with E-state index in [1.807, 2.05) is 0 Å². The fourth-order valence-corrected chi connectivity index (χ4v) is 1.98. The fraction of sp³-hybridized carbons (Fsp3) is 1.00. The normalized spacial score (nSPS) is 28.3. The molecule has 0 saturated carbocycles. The summed E-state index contributed by atoms with van der Waals surface area (Å²) in [7, 11) is 0. The second-order valence-corrected chi connectivity index (χ2v) is 4.32. The summed E-state index contributed by atoms with van der Waals surface area (Å²) < 4.78 is 7.75. The molecule has 0 spiro atoms. The summed E-state index contributed by atoms with van der Waals surface area (Å²) in [5.41, 5.74) is 0.0689. The van der Waals surface area contributed by atoms with E-state index in [2.05, 4.69) is 39.8 Å². The Morgan fingerprint density at radius 1 is 1.56 bits per heavy atom. The third-order valence-corrected chi connectivity index (χ3v) is 2.20. The predicted molar refractivity (Wildman–Crippen MR) is 45.6 cm³/mol. The molecular weight excluding hydrogens is 229 g/mol. The highest BCUT2D eigenvalue weighted by molar-refractivity contribution is 14.1. The second-order valence-electron chi connectivity index (χ2n) is 2.95. The first-order chi connectivity index (χ1) is 4.10. The Labute approximate surface area is 70.0 Å². The van der Waals surface area contributed by atoms with Crippen LogP contribution in [0.25, 0.3) is 0 Å². The van der Waals surface area contributed by atoms with Gasteiger partial charge in [0, 0.05) is 36.0 Å². The summed E-state index contributed by atoms with van der Waals surface area (Å²) in [5, 5.41) is 0. The van der Waals surface area contributed by atoms with Crippen molar-refractivity contribution < 1.29 is 4.74 Å². The Balaban J connectivity index is 2.41. The van der Waals surface area contributed by atoms with E-state index in [9.17, 15) is 0 Å². The summed E-state index contributed by atoms with van der Waals surface area (Å²) in [6.07, 6.45) is 0. The highest BCUT2D eigenvalue weighted by atomic mass is 127. The van der Waals surface area contributed by atoms with Gasteiger partial charge in [0.1, 0.15) is 0 Å². The predicted octanol–water partition coefficient (Wildman–Crippen LogP) is 1.45. The lowest BCUT2D eigenvalue weighted by Gasteiger charge is -2.34. The lowest BCUT2D eigenvalue weighted by atomic mass is 10.1. The average molecular weight is 241 g/mol. The zero-order valence-electron chi connectivity index (χ0n) is 5.85. The maximum Gasteiger partial charge on any atom is 0.0761 e. The van der Waals surface area contributed by atoms with Crippen LogP contribution in [-0.4, -0.2) is 28.4 Å². The summed E-state index contributed by atoms with van der Waals surface area (Å²) in [5.74, 6) is 0. The van der Waals surface area contributed by atoms with E-state index in [-0.39, 0.29) is 5.60 Å². The van der Waals surface area contributed by atoms with Gasteiger partial charge in [-0.25, -0.2) is 3.11 Å². The van der Waals surface area contributed by atoms with Crippen LogP contribution in [0.15, 0.2) is 0 Å². The topological polar surface area (TPSA) is 12.5 Å². The number of hydrogen-bond donors (Lipinski definition) is 0. The summed E-state index contributed by atoms with van der Waals surface area (Å²) in [6.45, 7) is 7.21. The van der Waals surface area contributed by atoms with Crippen LogP contribution >= 0.6 is 22.9 Å². The number of nitrogens with zero attached hydrogens (tertiary/aromatic N) is 1. The molecule has 1 saturated heterocycles. The molecule has 0 aliphatic carbocycles. The van der Waals surface area contributed by atoms with Crippen LogP contribution in [0.3, 0.4) is 0 Å². The number of hydrogen-bond acceptors (Lipinski definition) is 2. The SMILES string of the molecule is CC1(C)CN(I)CCO1. The van der Waals surface area contributed by atoms with E-state index in [0.717, 1.165) is 19.7 Å². The molecular formula is C6H12INO. The van der Waals surface area contributed by atoms with Gasteiger partial charge in [-0.3, -0.25) is 0 Å². The third-order valence-electron chi connectivity index (χ3n) is 1.38. The Kier molecular flexibility index (Phi) is 2.34. The number of ether oxygens (including phenoxy) is 1. The van der Waals surface area contributed by atoms with Crippen LogP contribution in [0, 0.1) is 0 Å². The van der Waals surface area contributed by atoms with Crippen molar-refractivity contribution in [2.45, 2.75) is 19.4 Å². The van der Waals surface area contributed by atoms with Crippen LogP contribution < -0.4 is 0 Å². The smallest absolute Gasteiger partial charge is 0.0761 e. The van der Waals surface area contributed by atoms with Gasteiger partial charge in [-0.15, -0.1) is 0 Å². The Morgan fingerprint density at radius 2 is 2.22 bits per heavy atom. The summed E-state index contributed by atoms with van der Waals surface area (Å²) in [4.78, 5) is 0. The van der Waals surface area contributed by atoms with Crippen molar-refractivity contribution in [2.75, 3.05) is 19.7 Å². The van der Waals surface area contributed by atoms with E-state index >= 15 is 0 Å². The van der Waals surface area contributed by atoms with Crippen molar-refractivity contribution in [3.05, 3.63) is 0 Å². The summed E-state index contributed by atoms with van der Waals surface area (Å²) >= 11 is 2.34. The van der Waals surface area contributed by atoms with Gasteiger partial charge >= 0.3 is 0 Å². The van der Waals surface area contributed by atoms with Crippen molar-refractivity contribution in [1.29, 1.82) is 0 Å². The van der Waals surface area contributed by atoms with Crippen LogP contribution in [0.1, 0.15) is 13.8 Å². The first kappa shape index (κ1) is 7.75. The highest BCUT2D eigenvalue weighted by Gasteiger charge is 2.25. The zero-order valence-corrected chi connectivity index (χ0v) is 8.01. The van der Waals surface area contributed by atoms with Gasteiger partial charge in [-0.2, -0.15) is 0 Å². The van der Waals surface area contributed by atoms with Crippen molar-refractivity contribution in [3.63, 3.8) is 0 Å². The zero-order chi connectivity index (χ0) is 6.91. The maximum absolute atomic E-state index is 5.49. The molecule has 1 aliphatic rings. The molecule has 0 aromatic carbocycles. The lowest BCUT2D eigenvalue weighted by Crippen LogP contribution is -2.43. The first-order valence-corrected chi connectivity index (χ1v) is 4.11. The molecule has 2 nitrogen and oxygen atoms in total. The molecule has 0 N–H and O–H groups in total. The first-order valence-electron chi connectivity index (χ1n) is 3.15. The quantitative estimate of drug-likeness (QED) is 0.470. The Bertz CT molecular complexity index is 105. The van der Waals surface area contributed by atoms with Crippen LogP contribution in [0.5, 0.6) is 0 Å². The number of halogens is 1. The summed E-state index contributed by atoms with van der Waals surface area (Å²) in [6, 6.07) is 0. The third kappa shape index (κ3) is 2.39. The number of rotatable bonds is 0. The molecule has 0 bridgehead atoms. The minimum absolute atomic E-state index is 0.0689. The van der Waals surface area contributed by atoms with E-state index in [4.69, 9.17) is 4.74 Å². The average Bonchev–Trinajstić information content (AvgIpc) is 1.60. The van der Waals surface area contributed by atoms with E-state index in [0.29, 0.717) is 0 Å². The van der Waals surface area contributed by atoms with Gasteiger partial charge < -0.3 is 4.74 Å². The molecule has 1 fully saturated rings. The standard InChI is InChI=1S/C6H12INO/c1-6(2)5-8(7)3-4-9-6/h3-5H2,1-2H3. The van der Waals surface area contributed by atoms with Gasteiger partial charge in [-0.05, 0) is 13.8 Å². The van der Waals surface area contributed by atoms with Gasteiger partial charge in [-0.1, -0.05) is 0 Å². The molecule has 0 amide bonds. The molecule has 0 aromatic rings. The van der Waals surface area contributed by atoms with Crippen LogP contribution in [-0.2, 0) is 4.74 Å². The molecule has 0 atom stereocenters. The minimum Gasteiger partial charge on any atom is -0.373 e. The molecule has 1 rings (SSSR count).